The van der Waals surface area contributed by atoms with E-state index in [1.165, 1.54) is 5.56 Å². The van der Waals surface area contributed by atoms with Crippen LogP contribution in [0.4, 0.5) is 0 Å². The van der Waals surface area contributed by atoms with Crippen molar-refractivity contribution in [2.45, 2.75) is 57.8 Å². The van der Waals surface area contributed by atoms with Crippen molar-refractivity contribution in [3.63, 3.8) is 0 Å². The van der Waals surface area contributed by atoms with Gasteiger partial charge >= 0.3 is 5.97 Å². The molecule has 0 spiro atoms. The molecular weight excluding hydrogens is 484 g/mol. The second-order valence-electron chi connectivity index (χ2n) is 10.2. The third-order valence-corrected chi connectivity index (χ3v) is 7.20. The maximum absolute atomic E-state index is 11.1. The molecule has 0 radical (unpaired) electrons. The number of carboxylic acid groups (broad SMARTS) is 1. The van der Waals surface area contributed by atoms with E-state index in [-0.39, 0.29) is 24.5 Å². The van der Waals surface area contributed by atoms with Crippen molar-refractivity contribution >= 4 is 5.97 Å². The lowest BCUT2D eigenvalue weighted by molar-refractivity contribution is -0.137. The van der Waals surface area contributed by atoms with Crippen LogP contribution in [0, 0.1) is 13.8 Å². The number of hydrogen-bond acceptors (Lipinski definition) is 6. The van der Waals surface area contributed by atoms with E-state index in [9.17, 15) is 9.90 Å². The van der Waals surface area contributed by atoms with Gasteiger partial charge in [-0.1, -0.05) is 24.3 Å². The number of fused-ring (bicyclic) bond motifs is 1. The van der Waals surface area contributed by atoms with E-state index in [1.54, 1.807) is 0 Å². The van der Waals surface area contributed by atoms with Crippen LogP contribution in [0.1, 0.15) is 47.4 Å². The van der Waals surface area contributed by atoms with Gasteiger partial charge in [-0.15, -0.1) is 0 Å². The summed E-state index contributed by atoms with van der Waals surface area (Å²) in [6.07, 6.45) is 1.26. The Balaban J connectivity index is 1.23. The molecule has 5 rings (SSSR count). The minimum Gasteiger partial charge on any atom is -0.492 e. The Morgan fingerprint density at radius 3 is 2.53 bits per heavy atom. The number of rotatable bonds is 9. The Bertz CT molecular complexity index is 1270. The summed E-state index contributed by atoms with van der Waals surface area (Å²) in [6.45, 7) is 5.82. The van der Waals surface area contributed by atoms with E-state index in [0.717, 1.165) is 46.4 Å². The fourth-order valence-corrected chi connectivity index (χ4v) is 5.29. The summed E-state index contributed by atoms with van der Waals surface area (Å²) in [5, 5.41) is 18.7. The quantitative estimate of drug-likeness (QED) is 0.391. The number of carboxylic acids is 1. The highest BCUT2D eigenvalue weighted by atomic mass is 16.5. The second kappa shape index (κ2) is 11.5. The van der Waals surface area contributed by atoms with Gasteiger partial charge in [0.2, 0.25) is 0 Å². The van der Waals surface area contributed by atoms with Crippen molar-refractivity contribution in [1.29, 1.82) is 0 Å². The first-order valence-electron chi connectivity index (χ1n) is 13.1. The average Bonchev–Trinajstić information content (AvgIpc) is 3.28. The summed E-state index contributed by atoms with van der Waals surface area (Å²) < 4.78 is 23.5. The van der Waals surface area contributed by atoms with E-state index < -0.39 is 5.97 Å². The summed E-state index contributed by atoms with van der Waals surface area (Å²) >= 11 is 0. The molecule has 3 aromatic rings. The third-order valence-electron chi connectivity index (χ3n) is 7.20. The average molecular weight is 519 g/mol. The standard InChI is InChI=1S/C31H34O7/c1-19-10-27(37-18-26-7-6-24(32)17-36-26)11-20(2)31(19)22-5-3-4-21(12-22)15-35-25-8-9-28-23(13-30(33)34)16-38-29(28)14-25/h3-5,8-12,14,23-24,26,32H,6-7,13,15-18H2,1-2H3,(H,33,34)/t23?,24-,26+/m1/s1. The molecule has 3 atom stereocenters. The number of ether oxygens (including phenoxy) is 4. The number of aliphatic hydroxyl groups is 1. The lowest BCUT2D eigenvalue weighted by atomic mass is 9.94. The Hall–Kier alpha value is -3.55. The molecule has 0 aromatic heterocycles. The van der Waals surface area contributed by atoms with Gasteiger partial charge in [0.15, 0.2) is 0 Å². The molecular formula is C31H34O7. The second-order valence-corrected chi connectivity index (χ2v) is 10.2. The molecule has 3 aromatic carbocycles. The molecule has 1 fully saturated rings. The number of aliphatic hydroxyl groups excluding tert-OH is 1. The predicted octanol–water partition coefficient (Wildman–Crippen LogP) is 5.42. The number of hydrogen-bond donors (Lipinski definition) is 2. The minimum absolute atomic E-state index is 0.0128. The zero-order valence-corrected chi connectivity index (χ0v) is 21.8. The van der Waals surface area contributed by atoms with Gasteiger partial charge in [0.25, 0.3) is 0 Å². The van der Waals surface area contributed by atoms with Crippen LogP contribution in [0.5, 0.6) is 17.2 Å². The first-order valence-corrected chi connectivity index (χ1v) is 13.1. The third kappa shape index (κ3) is 6.11. The lowest BCUT2D eigenvalue weighted by Gasteiger charge is -2.26. The van der Waals surface area contributed by atoms with Crippen molar-refractivity contribution in [3.8, 4) is 28.4 Å². The van der Waals surface area contributed by atoms with Crippen molar-refractivity contribution < 1.29 is 34.0 Å². The molecule has 1 unspecified atom stereocenters. The van der Waals surface area contributed by atoms with Crippen molar-refractivity contribution in [2.24, 2.45) is 0 Å². The molecule has 0 aliphatic carbocycles. The van der Waals surface area contributed by atoms with Gasteiger partial charge in [0.05, 0.1) is 31.8 Å². The number of aryl methyl sites for hydroxylation is 2. The summed E-state index contributed by atoms with van der Waals surface area (Å²) in [4.78, 5) is 11.1. The summed E-state index contributed by atoms with van der Waals surface area (Å²) in [7, 11) is 0. The van der Waals surface area contributed by atoms with Crippen molar-refractivity contribution in [1.82, 2.24) is 0 Å². The first kappa shape index (κ1) is 26.1. The van der Waals surface area contributed by atoms with Crippen LogP contribution < -0.4 is 14.2 Å². The Labute approximate surface area is 222 Å². The first-order chi connectivity index (χ1) is 18.4. The fourth-order valence-electron chi connectivity index (χ4n) is 5.29. The molecule has 1 saturated heterocycles. The number of carbonyl (C=O) groups is 1. The summed E-state index contributed by atoms with van der Waals surface area (Å²) in [6, 6.07) is 18.1. The molecule has 200 valence electrons. The zero-order valence-electron chi connectivity index (χ0n) is 21.8. The smallest absolute Gasteiger partial charge is 0.304 e. The van der Waals surface area contributed by atoms with Gasteiger partial charge in [0, 0.05) is 17.5 Å². The van der Waals surface area contributed by atoms with Gasteiger partial charge in [0.1, 0.15) is 30.5 Å². The van der Waals surface area contributed by atoms with Gasteiger partial charge in [-0.25, -0.2) is 0 Å². The maximum Gasteiger partial charge on any atom is 0.304 e. The minimum atomic E-state index is -0.824. The molecule has 2 heterocycles. The van der Waals surface area contributed by atoms with E-state index in [0.29, 0.717) is 37.9 Å². The van der Waals surface area contributed by atoms with Gasteiger partial charge in [-0.3, -0.25) is 4.79 Å². The molecule has 0 saturated carbocycles. The van der Waals surface area contributed by atoms with Crippen LogP contribution in [0.15, 0.2) is 54.6 Å². The normalized spacial score (nSPS) is 20.4. The topological polar surface area (TPSA) is 94.5 Å². The largest absolute Gasteiger partial charge is 0.492 e. The number of aliphatic carboxylic acids is 1. The van der Waals surface area contributed by atoms with Gasteiger partial charge in [-0.2, -0.15) is 0 Å². The summed E-state index contributed by atoms with van der Waals surface area (Å²) in [5.41, 5.74) is 6.51. The molecule has 7 heteroatoms. The lowest BCUT2D eigenvalue weighted by Crippen LogP contribution is -2.33. The van der Waals surface area contributed by atoms with Crippen LogP contribution >= 0.6 is 0 Å². The highest BCUT2D eigenvalue weighted by molar-refractivity contribution is 5.72. The van der Waals surface area contributed by atoms with Crippen molar-refractivity contribution in [3.05, 3.63) is 76.9 Å². The Morgan fingerprint density at radius 2 is 1.79 bits per heavy atom. The van der Waals surface area contributed by atoms with E-state index in [4.69, 9.17) is 24.1 Å². The zero-order chi connectivity index (χ0) is 26.6. The van der Waals surface area contributed by atoms with Gasteiger partial charge < -0.3 is 29.2 Å². The van der Waals surface area contributed by atoms with Crippen LogP contribution in [0.2, 0.25) is 0 Å². The van der Waals surface area contributed by atoms with E-state index in [2.05, 4.69) is 38.1 Å². The highest BCUT2D eigenvalue weighted by Gasteiger charge is 2.26. The molecule has 2 aliphatic rings. The molecule has 2 aliphatic heterocycles. The maximum atomic E-state index is 11.1. The summed E-state index contributed by atoms with van der Waals surface area (Å²) in [5.74, 6) is 1.27. The fraction of sp³-hybridized carbons (Fsp3) is 0.387. The Morgan fingerprint density at radius 1 is 0.974 bits per heavy atom. The number of benzene rings is 3. The molecule has 0 bridgehead atoms. The molecule has 0 amide bonds. The predicted molar refractivity (Wildman–Crippen MR) is 143 cm³/mol. The van der Waals surface area contributed by atoms with E-state index in [1.807, 2.05) is 30.3 Å². The molecule has 38 heavy (non-hydrogen) atoms. The van der Waals surface area contributed by atoms with Crippen LogP contribution in [0.25, 0.3) is 11.1 Å². The van der Waals surface area contributed by atoms with Crippen LogP contribution in [-0.2, 0) is 16.1 Å². The van der Waals surface area contributed by atoms with Gasteiger partial charge in [-0.05, 0) is 78.8 Å². The highest BCUT2D eigenvalue weighted by Crippen LogP contribution is 2.38. The monoisotopic (exact) mass is 518 g/mol. The SMILES string of the molecule is Cc1cc(OC[C@@H]2CC[C@@H](O)CO2)cc(C)c1-c1cccc(COc2ccc3c(c2)OCC3CC(=O)O)c1. The molecule has 7 nitrogen and oxygen atoms in total. The van der Waals surface area contributed by atoms with E-state index >= 15 is 0 Å². The Kier molecular flexibility index (Phi) is 7.86. The van der Waals surface area contributed by atoms with Crippen LogP contribution in [-0.4, -0.2) is 48.2 Å². The van der Waals surface area contributed by atoms with Crippen LogP contribution in [0.3, 0.4) is 0 Å². The van der Waals surface area contributed by atoms with Crippen molar-refractivity contribution in [2.75, 3.05) is 19.8 Å². The molecule has 2 N–H and O–H groups in total.